The molecule has 6 heteroatoms. The topological polar surface area (TPSA) is 26.3 Å². The standard InChI is InChI=1S/C14H30N2O2.2HI/c1-15(2,3)11-12-18-14(17)13-9-7-6-8-10-16(13,4)5;;/h13H,6-12H2,1-5H3;2*1H/q+2;;/p-2. The van der Waals surface area contributed by atoms with Gasteiger partial charge in [0.1, 0.15) is 13.2 Å². The number of nitrogens with zero attached hydrogens (tertiary/aromatic N) is 2. The Balaban J connectivity index is 0. The van der Waals surface area contributed by atoms with Crippen LogP contribution in [0.25, 0.3) is 0 Å². The summed E-state index contributed by atoms with van der Waals surface area (Å²) in [6.45, 7) is 2.47. The number of rotatable bonds is 4. The van der Waals surface area contributed by atoms with Gasteiger partial charge in [-0.15, -0.1) is 0 Å². The van der Waals surface area contributed by atoms with E-state index in [4.69, 9.17) is 4.74 Å². The molecule has 0 N–H and O–H groups in total. The van der Waals surface area contributed by atoms with Gasteiger partial charge in [0.25, 0.3) is 0 Å². The molecule has 0 radical (unpaired) electrons. The number of ether oxygens (including phenoxy) is 1. The molecule has 0 amide bonds. The Labute approximate surface area is 158 Å². The SMILES string of the molecule is C[N+](C)(C)CCOC(=O)C1CCCCC[N+]1(C)C.[I-].[I-]. The van der Waals surface area contributed by atoms with Gasteiger partial charge in [0.05, 0.1) is 41.8 Å². The van der Waals surface area contributed by atoms with Crippen LogP contribution in [-0.4, -0.2) is 75.9 Å². The molecule has 1 fully saturated rings. The third-order valence-corrected chi connectivity index (χ3v) is 3.83. The fourth-order valence-corrected chi connectivity index (χ4v) is 2.46. The summed E-state index contributed by atoms with van der Waals surface area (Å²) in [6, 6.07) is 0.0277. The van der Waals surface area contributed by atoms with Gasteiger partial charge in [-0.2, -0.15) is 0 Å². The van der Waals surface area contributed by atoms with E-state index in [-0.39, 0.29) is 60.0 Å². The number of likely N-dealkylation sites (N-methyl/N-ethyl adjacent to an activating group) is 2. The van der Waals surface area contributed by atoms with Gasteiger partial charge in [0.15, 0.2) is 6.04 Å². The first-order valence-corrected chi connectivity index (χ1v) is 7.02. The van der Waals surface area contributed by atoms with Gasteiger partial charge in [0.2, 0.25) is 0 Å². The zero-order chi connectivity index (χ0) is 13.8. The lowest BCUT2D eigenvalue weighted by molar-refractivity contribution is -0.906. The molecule has 4 nitrogen and oxygen atoms in total. The molecule has 0 bridgehead atoms. The third-order valence-electron chi connectivity index (χ3n) is 3.83. The number of hydrogen-bond acceptors (Lipinski definition) is 2. The first kappa shape index (κ1) is 23.1. The molecule has 122 valence electrons. The Morgan fingerprint density at radius 3 is 2.30 bits per heavy atom. The van der Waals surface area contributed by atoms with Crippen LogP contribution >= 0.6 is 0 Å². The smallest absolute Gasteiger partial charge is 0.365 e. The molecular formula is C14H30I2N2O2. The molecule has 1 rings (SSSR count). The van der Waals surface area contributed by atoms with Crippen LogP contribution in [-0.2, 0) is 9.53 Å². The predicted octanol–water partition coefficient (Wildman–Crippen LogP) is -4.74. The molecule has 1 heterocycles. The molecule has 0 spiro atoms. The second-order valence-electron chi connectivity index (χ2n) is 7.05. The lowest BCUT2D eigenvalue weighted by atomic mass is 10.1. The summed E-state index contributed by atoms with van der Waals surface area (Å²) in [5.74, 6) is -0.00431. The summed E-state index contributed by atoms with van der Waals surface area (Å²) in [4.78, 5) is 12.2. The predicted molar refractivity (Wildman–Crippen MR) is 73.1 cm³/mol. The van der Waals surface area contributed by atoms with E-state index in [1.54, 1.807) is 0 Å². The van der Waals surface area contributed by atoms with Gasteiger partial charge in [-0.25, -0.2) is 4.79 Å². The van der Waals surface area contributed by atoms with Gasteiger partial charge < -0.3 is 61.7 Å². The quantitative estimate of drug-likeness (QED) is 0.215. The molecule has 0 aromatic heterocycles. The van der Waals surface area contributed by atoms with Crippen LogP contribution in [0.5, 0.6) is 0 Å². The van der Waals surface area contributed by atoms with Crippen LogP contribution < -0.4 is 48.0 Å². The number of carbonyl (C=O) groups is 1. The van der Waals surface area contributed by atoms with Gasteiger partial charge in [-0.05, 0) is 19.3 Å². The fourth-order valence-electron chi connectivity index (χ4n) is 2.46. The Kier molecular flexibility index (Phi) is 11.3. The highest BCUT2D eigenvalue weighted by atomic mass is 127. The van der Waals surface area contributed by atoms with Gasteiger partial charge >= 0.3 is 5.97 Å². The molecule has 1 unspecified atom stereocenters. The summed E-state index contributed by atoms with van der Waals surface area (Å²) < 4.78 is 7.09. The van der Waals surface area contributed by atoms with Crippen molar-refractivity contribution in [3.8, 4) is 0 Å². The maximum Gasteiger partial charge on any atom is 0.365 e. The van der Waals surface area contributed by atoms with Gasteiger partial charge in [-0.1, -0.05) is 0 Å². The van der Waals surface area contributed by atoms with E-state index in [0.29, 0.717) is 6.61 Å². The van der Waals surface area contributed by atoms with E-state index in [9.17, 15) is 4.79 Å². The lowest BCUT2D eigenvalue weighted by Crippen LogP contribution is -3.00. The maximum atomic E-state index is 12.2. The zero-order valence-electron chi connectivity index (χ0n) is 13.5. The molecule has 0 aromatic carbocycles. The molecule has 1 saturated heterocycles. The van der Waals surface area contributed by atoms with Crippen molar-refractivity contribution in [1.82, 2.24) is 0 Å². The number of esters is 1. The fraction of sp³-hybridized carbons (Fsp3) is 0.929. The van der Waals surface area contributed by atoms with Gasteiger partial charge in [-0.3, -0.25) is 0 Å². The minimum absolute atomic E-state index is 0. The highest BCUT2D eigenvalue weighted by Gasteiger charge is 2.37. The van der Waals surface area contributed by atoms with E-state index in [2.05, 4.69) is 35.2 Å². The van der Waals surface area contributed by atoms with Crippen molar-refractivity contribution in [2.24, 2.45) is 0 Å². The third kappa shape index (κ3) is 8.33. The zero-order valence-corrected chi connectivity index (χ0v) is 17.8. The van der Waals surface area contributed by atoms with Crippen LogP contribution in [0.4, 0.5) is 0 Å². The van der Waals surface area contributed by atoms with Crippen molar-refractivity contribution in [2.75, 3.05) is 54.9 Å². The molecule has 0 saturated carbocycles. The average molecular weight is 512 g/mol. The molecule has 0 aliphatic carbocycles. The molecule has 1 atom stereocenters. The second kappa shape index (κ2) is 9.78. The van der Waals surface area contributed by atoms with Crippen LogP contribution in [0.1, 0.15) is 25.7 Å². The Morgan fingerprint density at radius 1 is 1.15 bits per heavy atom. The highest BCUT2D eigenvalue weighted by Crippen LogP contribution is 2.21. The van der Waals surface area contributed by atoms with Crippen LogP contribution in [0, 0.1) is 0 Å². The summed E-state index contributed by atoms with van der Waals surface area (Å²) >= 11 is 0. The van der Waals surface area contributed by atoms with Crippen LogP contribution in [0.15, 0.2) is 0 Å². The van der Waals surface area contributed by atoms with Crippen molar-refractivity contribution < 1.29 is 66.5 Å². The van der Waals surface area contributed by atoms with Crippen molar-refractivity contribution in [3.05, 3.63) is 0 Å². The van der Waals surface area contributed by atoms with E-state index in [1.165, 1.54) is 12.8 Å². The van der Waals surface area contributed by atoms with Crippen molar-refractivity contribution in [2.45, 2.75) is 31.7 Å². The van der Waals surface area contributed by atoms with Crippen molar-refractivity contribution in [3.63, 3.8) is 0 Å². The van der Waals surface area contributed by atoms with E-state index >= 15 is 0 Å². The molecular weight excluding hydrogens is 482 g/mol. The van der Waals surface area contributed by atoms with E-state index in [1.807, 2.05) is 0 Å². The van der Waals surface area contributed by atoms with Crippen molar-refractivity contribution in [1.29, 1.82) is 0 Å². The molecule has 1 aliphatic rings. The average Bonchev–Trinajstić information content (AvgIpc) is 2.36. The monoisotopic (exact) mass is 512 g/mol. The minimum Gasteiger partial charge on any atom is -1.00 e. The summed E-state index contributed by atoms with van der Waals surface area (Å²) in [7, 11) is 10.6. The summed E-state index contributed by atoms with van der Waals surface area (Å²) in [5.41, 5.74) is 0. The normalized spacial score (nSPS) is 21.9. The van der Waals surface area contributed by atoms with Gasteiger partial charge in [0, 0.05) is 6.42 Å². The Morgan fingerprint density at radius 2 is 1.75 bits per heavy atom. The number of likely N-dealkylation sites (tertiary alicyclic amines) is 1. The number of hydrogen-bond donors (Lipinski definition) is 0. The first-order valence-electron chi connectivity index (χ1n) is 7.02. The van der Waals surface area contributed by atoms with Crippen LogP contribution in [0.3, 0.4) is 0 Å². The molecule has 0 aromatic rings. The number of halogens is 2. The number of carbonyl (C=O) groups excluding carboxylic acids is 1. The molecule has 1 aliphatic heterocycles. The number of quaternary nitrogens is 2. The lowest BCUT2D eigenvalue weighted by Gasteiger charge is -2.35. The summed E-state index contributed by atoms with van der Waals surface area (Å²) in [6.07, 6.45) is 4.58. The highest BCUT2D eigenvalue weighted by molar-refractivity contribution is 5.74. The van der Waals surface area contributed by atoms with E-state index in [0.717, 1.165) is 34.9 Å². The first-order chi connectivity index (χ1) is 8.22. The summed E-state index contributed by atoms with van der Waals surface area (Å²) in [5, 5.41) is 0. The van der Waals surface area contributed by atoms with Crippen LogP contribution in [0.2, 0.25) is 0 Å². The van der Waals surface area contributed by atoms with Crippen molar-refractivity contribution >= 4 is 5.97 Å². The Bertz CT molecular complexity index is 291. The maximum absolute atomic E-state index is 12.2. The minimum atomic E-state index is -0.00431. The van der Waals surface area contributed by atoms with E-state index < -0.39 is 0 Å². The molecule has 20 heavy (non-hydrogen) atoms. The Hall–Kier alpha value is 0.850. The second-order valence-corrected chi connectivity index (χ2v) is 7.05. The largest absolute Gasteiger partial charge is 1.00 e.